The van der Waals surface area contributed by atoms with E-state index < -0.39 is 0 Å². The van der Waals surface area contributed by atoms with Gasteiger partial charge in [-0.2, -0.15) is 0 Å². The summed E-state index contributed by atoms with van der Waals surface area (Å²) in [6.45, 7) is 6.13. The van der Waals surface area contributed by atoms with E-state index in [1.807, 2.05) is 37.3 Å². The summed E-state index contributed by atoms with van der Waals surface area (Å²) in [5, 5.41) is 2.97. The smallest absolute Gasteiger partial charge is 0.257 e. The molecule has 0 radical (unpaired) electrons. The van der Waals surface area contributed by atoms with Crippen molar-refractivity contribution in [3.05, 3.63) is 59.4 Å². The molecule has 2 aromatic rings. The minimum absolute atomic E-state index is 0.112. The van der Waals surface area contributed by atoms with E-state index in [4.69, 9.17) is 0 Å². The maximum Gasteiger partial charge on any atom is 0.257 e. The predicted molar refractivity (Wildman–Crippen MR) is 77.5 cm³/mol. The molecule has 1 heterocycles. The molecule has 0 atom stereocenters. The lowest BCUT2D eigenvalue weighted by Crippen LogP contribution is -2.15. The average Bonchev–Trinajstić information content (AvgIpc) is 2.39. The quantitative estimate of drug-likeness (QED) is 0.906. The second-order valence-corrected chi connectivity index (χ2v) is 4.89. The molecule has 3 nitrogen and oxygen atoms in total. The number of anilines is 1. The summed E-state index contributed by atoms with van der Waals surface area (Å²) >= 11 is 0. The van der Waals surface area contributed by atoms with E-state index >= 15 is 0 Å². The molecule has 0 unspecified atom stereocenters. The molecule has 1 aromatic heterocycles. The molecule has 0 aliphatic heterocycles. The minimum atomic E-state index is -0.112. The van der Waals surface area contributed by atoms with Crippen molar-refractivity contribution < 1.29 is 4.79 Å². The first-order valence-electron chi connectivity index (χ1n) is 6.40. The normalized spacial score (nSPS) is 10.5. The van der Waals surface area contributed by atoms with Crippen molar-refractivity contribution in [1.29, 1.82) is 0 Å². The highest BCUT2D eigenvalue weighted by atomic mass is 16.1. The topological polar surface area (TPSA) is 42.0 Å². The van der Waals surface area contributed by atoms with Gasteiger partial charge in [-0.15, -0.1) is 0 Å². The molecule has 19 heavy (non-hydrogen) atoms. The molecule has 1 aromatic carbocycles. The number of hydrogen-bond donors (Lipinski definition) is 1. The lowest BCUT2D eigenvalue weighted by atomic mass is 10.0. The van der Waals surface area contributed by atoms with E-state index in [1.54, 1.807) is 12.4 Å². The summed E-state index contributed by atoms with van der Waals surface area (Å²) in [4.78, 5) is 16.3. The van der Waals surface area contributed by atoms with Gasteiger partial charge in [0.2, 0.25) is 0 Å². The standard InChI is InChI=1S/C16H18N2O/c1-11(2)13-6-4-5-7-15(13)18-16(19)14-10-17-9-8-12(14)3/h4-11H,1-3H3,(H,18,19). The largest absolute Gasteiger partial charge is 0.322 e. The van der Waals surface area contributed by atoms with Crippen molar-refractivity contribution in [2.45, 2.75) is 26.7 Å². The predicted octanol–water partition coefficient (Wildman–Crippen LogP) is 3.77. The van der Waals surface area contributed by atoms with E-state index in [0.29, 0.717) is 11.5 Å². The van der Waals surface area contributed by atoms with Gasteiger partial charge in [-0.3, -0.25) is 9.78 Å². The highest BCUT2D eigenvalue weighted by molar-refractivity contribution is 6.05. The Bertz CT molecular complexity index is 591. The maximum absolute atomic E-state index is 12.3. The lowest BCUT2D eigenvalue weighted by molar-refractivity contribution is 0.102. The molecule has 3 heteroatoms. The number of rotatable bonds is 3. The Morgan fingerprint density at radius 2 is 1.95 bits per heavy atom. The van der Waals surface area contributed by atoms with Crippen molar-refractivity contribution in [1.82, 2.24) is 4.98 Å². The molecular weight excluding hydrogens is 236 g/mol. The summed E-state index contributed by atoms with van der Waals surface area (Å²) < 4.78 is 0. The van der Waals surface area contributed by atoms with Crippen LogP contribution in [0, 0.1) is 6.92 Å². The number of benzene rings is 1. The Hall–Kier alpha value is -2.16. The number of amides is 1. The number of aromatic nitrogens is 1. The monoisotopic (exact) mass is 254 g/mol. The van der Waals surface area contributed by atoms with E-state index in [1.165, 1.54) is 0 Å². The molecule has 0 bridgehead atoms. The average molecular weight is 254 g/mol. The van der Waals surface area contributed by atoms with Gasteiger partial charge in [0.15, 0.2) is 0 Å². The van der Waals surface area contributed by atoms with E-state index in [2.05, 4.69) is 24.1 Å². The third-order valence-electron chi connectivity index (χ3n) is 3.11. The summed E-state index contributed by atoms with van der Waals surface area (Å²) in [7, 11) is 0. The van der Waals surface area contributed by atoms with Crippen molar-refractivity contribution in [2.24, 2.45) is 0 Å². The van der Waals surface area contributed by atoms with Crippen LogP contribution in [0.25, 0.3) is 0 Å². The summed E-state index contributed by atoms with van der Waals surface area (Å²) in [6.07, 6.45) is 3.29. The third-order valence-corrected chi connectivity index (χ3v) is 3.11. The molecule has 0 saturated heterocycles. The van der Waals surface area contributed by atoms with Gasteiger partial charge in [0, 0.05) is 18.1 Å². The first kappa shape index (κ1) is 13.3. The van der Waals surface area contributed by atoms with Gasteiger partial charge in [0.1, 0.15) is 0 Å². The maximum atomic E-state index is 12.3. The highest BCUT2D eigenvalue weighted by Crippen LogP contribution is 2.24. The number of carbonyl (C=O) groups is 1. The Kier molecular flexibility index (Phi) is 3.95. The van der Waals surface area contributed by atoms with Gasteiger partial charge in [-0.25, -0.2) is 0 Å². The summed E-state index contributed by atoms with van der Waals surface area (Å²) in [5.41, 5.74) is 3.54. The molecule has 2 rings (SSSR count). The molecule has 1 amide bonds. The van der Waals surface area contributed by atoms with Crippen molar-refractivity contribution in [2.75, 3.05) is 5.32 Å². The first-order valence-corrected chi connectivity index (χ1v) is 6.40. The second kappa shape index (κ2) is 5.65. The number of hydrogen-bond acceptors (Lipinski definition) is 2. The lowest BCUT2D eigenvalue weighted by Gasteiger charge is -2.14. The SMILES string of the molecule is Cc1ccncc1C(=O)Nc1ccccc1C(C)C. The summed E-state index contributed by atoms with van der Waals surface area (Å²) in [6, 6.07) is 9.72. The van der Waals surface area contributed by atoms with Crippen LogP contribution < -0.4 is 5.32 Å². The van der Waals surface area contributed by atoms with Gasteiger partial charge in [-0.1, -0.05) is 32.0 Å². The van der Waals surface area contributed by atoms with Gasteiger partial charge in [0.25, 0.3) is 5.91 Å². The fourth-order valence-corrected chi connectivity index (χ4v) is 2.01. The Morgan fingerprint density at radius 1 is 1.21 bits per heavy atom. The molecule has 1 N–H and O–H groups in total. The van der Waals surface area contributed by atoms with E-state index in [-0.39, 0.29) is 5.91 Å². The fourth-order valence-electron chi connectivity index (χ4n) is 2.01. The van der Waals surface area contributed by atoms with Crippen LogP contribution in [-0.4, -0.2) is 10.9 Å². The number of carbonyl (C=O) groups excluding carboxylic acids is 1. The van der Waals surface area contributed by atoms with Crippen LogP contribution >= 0.6 is 0 Å². The van der Waals surface area contributed by atoms with Crippen molar-refractivity contribution in [3.8, 4) is 0 Å². The molecule has 0 saturated carbocycles. The number of pyridine rings is 1. The minimum Gasteiger partial charge on any atom is -0.322 e. The zero-order valence-electron chi connectivity index (χ0n) is 11.5. The molecule has 98 valence electrons. The molecular formula is C16H18N2O. The number of nitrogens with one attached hydrogen (secondary N) is 1. The Balaban J connectivity index is 2.27. The van der Waals surface area contributed by atoms with E-state index in [9.17, 15) is 4.79 Å². The van der Waals surface area contributed by atoms with Gasteiger partial charge < -0.3 is 5.32 Å². The molecule has 0 spiro atoms. The first-order chi connectivity index (χ1) is 9.09. The zero-order valence-corrected chi connectivity index (χ0v) is 11.5. The van der Waals surface area contributed by atoms with Crippen LogP contribution in [0.2, 0.25) is 0 Å². The molecule has 0 aliphatic carbocycles. The number of nitrogens with zero attached hydrogens (tertiary/aromatic N) is 1. The van der Waals surface area contributed by atoms with Crippen molar-refractivity contribution in [3.63, 3.8) is 0 Å². The molecule has 0 fully saturated rings. The summed E-state index contributed by atoms with van der Waals surface area (Å²) in [5.74, 6) is 0.255. The second-order valence-electron chi connectivity index (χ2n) is 4.89. The van der Waals surface area contributed by atoms with Crippen LogP contribution in [0.4, 0.5) is 5.69 Å². The van der Waals surface area contributed by atoms with Gasteiger partial charge in [0.05, 0.1) is 5.56 Å². The molecule has 0 aliphatic rings. The van der Waals surface area contributed by atoms with E-state index in [0.717, 1.165) is 16.8 Å². The van der Waals surface area contributed by atoms with Crippen LogP contribution in [0.15, 0.2) is 42.7 Å². The van der Waals surface area contributed by atoms with Crippen LogP contribution in [0.3, 0.4) is 0 Å². The third kappa shape index (κ3) is 2.99. The van der Waals surface area contributed by atoms with Crippen molar-refractivity contribution >= 4 is 11.6 Å². The number of aryl methyl sites for hydroxylation is 1. The van der Waals surface area contributed by atoms with Crippen LogP contribution in [0.1, 0.15) is 41.3 Å². The van der Waals surface area contributed by atoms with Gasteiger partial charge in [-0.05, 0) is 36.1 Å². The zero-order chi connectivity index (χ0) is 13.8. The van der Waals surface area contributed by atoms with Gasteiger partial charge >= 0.3 is 0 Å². The Labute approximate surface area is 113 Å². The fraction of sp³-hybridized carbons (Fsp3) is 0.250. The van der Waals surface area contributed by atoms with Crippen LogP contribution in [-0.2, 0) is 0 Å². The highest BCUT2D eigenvalue weighted by Gasteiger charge is 2.12. The van der Waals surface area contributed by atoms with Crippen LogP contribution in [0.5, 0.6) is 0 Å². The Morgan fingerprint density at radius 3 is 2.63 bits per heavy atom. The number of para-hydroxylation sites is 1.